The SMILES string of the molecule is CNC(=O)C(OC)c1ccccc1CC1OC1c1cc(C)ccc1C. The van der Waals surface area contributed by atoms with E-state index in [2.05, 4.69) is 37.4 Å². The van der Waals surface area contributed by atoms with Crippen LogP contribution in [0.2, 0.25) is 0 Å². The lowest BCUT2D eigenvalue weighted by Crippen LogP contribution is -2.27. The van der Waals surface area contributed by atoms with Gasteiger partial charge in [0, 0.05) is 20.6 Å². The predicted octanol–water partition coefficient (Wildman–Crippen LogP) is 3.42. The van der Waals surface area contributed by atoms with Crippen LogP contribution in [-0.2, 0) is 20.7 Å². The molecule has 1 aliphatic rings. The zero-order valence-corrected chi connectivity index (χ0v) is 15.2. The molecule has 0 aromatic heterocycles. The summed E-state index contributed by atoms with van der Waals surface area (Å²) in [7, 11) is 3.18. The van der Waals surface area contributed by atoms with Gasteiger partial charge in [-0.1, -0.05) is 48.0 Å². The number of ether oxygens (including phenoxy) is 2. The Hall–Kier alpha value is -2.17. The maximum Gasteiger partial charge on any atom is 0.253 e. The zero-order chi connectivity index (χ0) is 18.0. The fraction of sp³-hybridized carbons (Fsp3) is 0.381. The summed E-state index contributed by atoms with van der Waals surface area (Å²) in [5.74, 6) is -0.141. The minimum absolute atomic E-state index is 0.133. The first-order valence-corrected chi connectivity index (χ1v) is 8.60. The molecule has 0 spiro atoms. The van der Waals surface area contributed by atoms with Gasteiger partial charge in [-0.2, -0.15) is 0 Å². The second kappa shape index (κ2) is 7.38. The highest BCUT2D eigenvalue weighted by molar-refractivity contribution is 5.82. The molecule has 2 aromatic rings. The summed E-state index contributed by atoms with van der Waals surface area (Å²) in [5, 5.41) is 2.66. The van der Waals surface area contributed by atoms with Crippen LogP contribution in [0.5, 0.6) is 0 Å². The van der Waals surface area contributed by atoms with Crippen LogP contribution in [0.25, 0.3) is 0 Å². The first kappa shape index (κ1) is 17.6. The van der Waals surface area contributed by atoms with E-state index in [0.29, 0.717) is 0 Å². The Bertz CT molecular complexity index is 771. The van der Waals surface area contributed by atoms with Gasteiger partial charge in [0.1, 0.15) is 6.10 Å². The number of hydrogen-bond donors (Lipinski definition) is 1. The van der Waals surface area contributed by atoms with E-state index in [4.69, 9.17) is 9.47 Å². The number of hydrogen-bond acceptors (Lipinski definition) is 3. The average Bonchev–Trinajstić information content (AvgIpc) is 3.37. The molecule has 0 aliphatic carbocycles. The number of nitrogens with one attached hydrogen (secondary N) is 1. The van der Waals surface area contributed by atoms with Crippen molar-refractivity contribution in [3.63, 3.8) is 0 Å². The highest BCUT2D eigenvalue weighted by Crippen LogP contribution is 2.43. The maximum absolute atomic E-state index is 12.1. The number of likely N-dealkylation sites (N-methyl/N-ethyl adjacent to an activating group) is 1. The van der Waals surface area contributed by atoms with Crippen molar-refractivity contribution in [1.29, 1.82) is 0 Å². The highest BCUT2D eigenvalue weighted by Gasteiger charge is 2.41. The van der Waals surface area contributed by atoms with Gasteiger partial charge in [-0.15, -0.1) is 0 Å². The Kier molecular flexibility index (Phi) is 5.21. The molecular weight excluding hydrogens is 314 g/mol. The van der Waals surface area contributed by atoms with Crippen molar-refractivity contribution >= 4 is 5.91 Å². The number of amides is 1. The fourth-order valence-corrected chi connectivity index (χ4v) is 3.34. The van der Waals surface area contributed by atoms with Gasteiger partial charge in [0.05, 0.1) is 6.10 Å². The Morgan fingerprint density at radius 3 is 2.72 bits per heavy atom. The van der Waals surface area contributed by atoms with Crippen LogP contribution in [0, 0.1) is 13.8 Å². The van der Waals surface area contributed by atoms with Crippen LogP contribution in [0.1, 0.15) is 40.0 Å². The second-order valence-corrected chi connectivity index (χ2v) is 6.59. The molecule has 0 saturated carbocycles. The molecule has 1 fully saturated rings. The maximum atomic E-state index is 12.1. The van der Waals surface area contributed by atoms with Crippen LogP contribution in [0.15, 0.2) is 42.5 Å². The fourth-order valence-electron chi connectivity index (χ4n) is 3.34. The van der Waals surface area contributed by atoms with E-state index >= 15 is 0 Å². The number of aryl methyl sites for hydroxylation is 2. The molecule has 0 bridgehead atoms. The van der Waals surface area contributed by atoms with E-state index in [1.54, 1.807) is 14.2 Å². The lowest BCUT2D eigenvalue weighted by atomic mass is 9.95. The van der Waals surface area contributed by atoms with Crippen molar-refractivity contribution in [1.82, 2.24) is 5.32 Å². The zero-order valence-electron chi connectivity index (χ0n) is 15.2. The van der Waals surface area contributed by atoms with E-state index in [1.807, 2.05) is 24.3 Å². The number of epoxide rings is 1. The van der Waals surface area contributed by atoms with Gasteiger partial charge < -0.3 is 14.8 Å². The molecule has 132 valence electrons. The normalized spacial score (nSPS) is 20.2. The molecule has 3 atom stereocenters. The molecule has 4 heteroatoms. The highest BCUT2D eigenvalue weighted by atomic mass is 16.6. The standard InChI is InChI=1S/C21H25NO3/c1-13-9-10-14(2)17(11-13)19-18(25-19)12-15-7-5-6-8-16(15)20(24-4)21(23)22-3/h5-11,18-20H,12H2,1-4H3,(H,22,23). The molecular formula is C21H25NO3. The summed E-state index contributed by atoms with van der Waals surface area (Å²) < 4.78 is 11.4. The smallest absolute Gasteiger partial charge is 0.253 e. The van der Waals surface area contributed by atoms with Crippen molar-refractivity contribution in [2.24, 2.45) is 0 Å². The first-order valence-electron chi connectivity index (χ1n) is 8.60. The summed E-state index contributed by atoms with van der Waals surface area (Å²) in [5.41, 5.74) is 5.76. The van der Waals surface area contributed by atoms with Gasteiger partial charge >= 0.3 is 0 Å². The van der Waals surface area contributed by atoms with Crippen molar-refractivity contribution < 1.29 is 14.3 Å². The van der Waals surface area contributed by atoms with Gasteiger partial charge in [0.2, 0.25) is 0 Å². The van der Waals surface area contributed by atoms with Gasteiger partial charge in [-0.05, 0) is 36.1 Å². The molecule has 3 unspecified atom stereocenters. The van der Waals surface area contributed by atoms with Crippen molar-refractivity contribution in [3.05, 3.63) is 70.3 Å². The minimum Gasteiger partial charge on any atom is -0.367 e. The number of carbonyl (C=O) groups is 1. The average molecular weight is 339 g/mol. The number of rotatable bonds is 6. The quantitative estimate of drug-likeness (QED) is 0.821. The summed E-state index contributed by atoms with van der Waals surface area (Å²) in [6.07, 6.45) is 0.447. The molecule has 0 radical (unpaired) electrons. The van der Waals surface area contributed by atoms with Crippen molar-refractivity contribution in [3.8, 4) is 0 Å². The Morgan fingerprint density at radius 1 is 1.24 bits per heavy atom. The van der Waals surface area contributed by atoms with Gasteiger partial charge in [-0.3, -0.25) is 4.79 Å². The van der Waals surface area contributed by atoms with E-state index in [9.17, 15) is 4.79 Å². The Labute approximate surface area is 149 Å². The molecule has 2 aromatic carbocycles. The Balaban J connectivity index is 1.79. The Morgan fingerprint density at radius 2 is 2.00 bits per heavy atom. The molecule has 1 amide bonds. The number of benzene rings is 2. The molecule has 1 heterocycles. The monoisotopic (exact) mass is 339 g/mol. The van der Waals surface area contributed by atoms with Gasteiger partial charge in [0.25, 0.3) is 5.91 Å². The molecule has 1 aliphatic heterocycles. The summed E-state index contributed by atoms with van der Waals surface area (Å²) in [6, 6.07) is 14.4. The number of methoxy groups -OCH3 is 1. The third-order valence-electron chi connectivity index (χ3n) is 4.80. The third kappa shape index (κ3) is 3.75. The van der Waals surface area contributed by atoms with E-state index in [1.165, 1.54) is 16.7 Å². The summed E-state index contributed by atoms with van der Waals surface area (Å²) in [4.78, 5) is 12.1. The van der Waals surface area contributed by atoms with Crippen LogP contribution in [0.4, 0.5) is 0 Å². The van der Waals surface area contributed by atoms with Crippen LogP contribution >= 0.6 is 0 Å². The molecule has 25 heavy (non-hydrogen) atoms. The summed E-state index contributed by atoms with van der Waals surface area (Å²) in [6.45, 7) is 4.22. The van der Waals surface area contributed by atoms with E-state index in [0.717, 1.165) is 17.5 Å². The van der Waals surface area contributed by atoms with Crippen LogP contribution in [0.3, 0.4) is 0 Å². The third-order valence-corrected chi connectivity index (χ3v) is 4.80. The molecule has 1 N–H and O–H groups in total. The molecule has 1 saturated heterocycles. The second-order valence-electron chi connectivity index (χ2n) is 6.59. The predicted molar refractivity (Wildman–Crippen MR) is 97.5 cm³/mol. The van der Waals surface area contributed by atoms with E-state index in [-0.39, 0.29) is 18.1 Å². The van der Waals surface area contributed by atoms with Gasteiger partial charge in [-0.25, -0.2) is 0 Å². The largest absolute Gasteiger partial charge is 0.367 e. The van der Waals surface area contributed by atoms with Crippen molar-refractivity contribution in [2.45, 2.75) is 38.6 Å². The molecule has 3 rings (SSSR count). The molecule has 4 nitrogen and oxygen atoms in total. The van der Waals surface area contributed by atoms with Crippen LogP contribution < -0.4 is 5.32 Å². The lowest BCUT2D eigenvalue weighted by Gasteiger charge is -2.17. The summed E-state index contributed by atoms with van der Waals surface area (Å²) >= 11 is 0. The topological polar surface area (TPSA) is 50.9 Å². The van der Waals surface area contributed by atoms with Gasteiger partial charge in [0.15, 0.2) is 6.10 Å². The first-order chi connectivity index (χ1) is 12.0. The van der Waals surface area contributed by atoms with Crippen molar-refractivity contribution in [2.75, 3.05) is 14.2 Å². The number of carbonyl (C=O) groups excluding carboxylic acids is 1. The minimum atomic E-state index is -0.598. The van der Waals surface area contributed by atoms with E-state index < -0.39 is 6.10 Å². The van der Waals surface area contributed by atoms with Crippen LogP contribution in [-0.4, -0.2) is 26.2 Å². The lowest BCUT2D eigenvalue weighted by molar-refractivity contribution is -0.130.